The Hall–Kier alpha value is -2.48. The zero-order valence-electron chi connectivity index (χ0n) is 30.9. The summed E-state index contributed by atoms with van der Waals surface area (Å²) in [5, 5.41) is 37.4. The number of urea groups is 2. The summed E-state index contributed by atoms with van der Waals surface area (Å²) in [4.78, 5) is 72.9. The van der Waals surface area contributed by atoms with Crippen LogP contribution in [0.3, 0.4) is 0 Å². The largest absolute Gasteiger partial charge is 0.397 e. The van der Waals surface area contributed by atoms with Crippen LogP contribution in [0.4, 0.5) is 22.8 Å². The van der Waals surface area contributed by atoms with Crippen molar-refractivity contribution in [2.45, 2.75) is 125 Å². The number of H-pyrrole nitrogens is 1. The third-order valence-electron chi connectivity index (χ3n) is 9.09. The third kappa shape index (κ3) is 13.5. The lowest BCUT2D eigenvalue weighted by Gasteiger charge is -2.42. The number of aromatic nitrogens is 2. The van der Waals surface area contributed by atoms with E-state index >= 15 is 0 Å². The second-order valence-electron chi connectivity index (χ2n) is 12.8. The molecule has 7 N–H and O–H groups in total. The van der Waals surface area contributed by atoms with Gasteiger partial charge in [-0.05, 0) is 20.8 Å². The van der Waals surface area contributed by atoms with Crippen molar-refractivity contribution in [2.24, 2.45) is 0 Å². The third-order valence-corrected chi connectivity index (χ3v) is 10.6. The molecule has 5 aliphatic rings. The van der Waals surface area contributed by atoms with Gasteiger partial charge in [-0.25, -0.2) is 27.6 Å². The van der Waals surface area contributed by atoms with Crippen molar-refractivity contribution in [3.05, 3.63) is 33.1 Å². The van der Waals surface area contributed by atoms with Crippen LogP contribution in [-0.4, -0.2) is 161 Å². The number of amides is 6. The van der Waals surface area contributed by atoms with Gasteiger partial charge < -0.3 is 34.6 Å². The molecule has 12 unspecified atom stereocenters. The maximum absolute atomic E-state index is 13.5. The molecule has 12 atom stereocenters. The summed E-state index contributed by atoms with van der Waals surface area (Å²) >= 11 is 17.6. The minimum atomic E-state index is -1.83. The molecule has 0 aliphatic carbocycles. The maximum Gasteiger partial charge on any atom is 0.330 e. The molecule has 0 bridgehead atoms. The number of ether oxygens (including phenoxy) is 3. The zero-order valence-corrected chi connectivity index (χ0v) is 34.6. The average Bonchev–Trinajstić information content (AvgIpc) is 3.86. The van der Waals surface area contributed by atoms with Gasteiger partial charge in [0.25, 0.3) is 11.5 Å². The molecule has 1 aromatic rings. The SMILES string of the molecule is C.CC1C(Cl)C(=O)NC(=O)N1C1CC(F)C(CO)O1.CC1N(C2CC(F)C(CO)O2)C(=O)NC(=O)C1(Cl)Cl.CCO.ClCl.O=c1ccn(C2CC(F)C(CO)O2)c(=O)[nH]1. The number of nitrogens with one attached hydrogen (secondary N) is 3. The number of carbonyl (C=O) groups is 4. The highest BCUT2D eigenvalue weighted by Crippen LogP contribution is 2.37. The van der Waals surface area contributed by atoms with Gasteiger partial charge in [0.1, 0.15) is 60.9 Å². The quantitative estimate of drug-likeness (QED) is 0.201. The minimum absolute atomic E-state index is 0. The number of aromatic amines is 1. The van der Waals surface area contributed by atoms with Crippen molar-refractivity contribution in [1.29, 1.82) is 0 Å². The van der Waals surface area contributed by atoms with E-state index < -0.39 is 132 Å². The molecule has 0 radical (unpaired) electrons. The van der Waals surface area contributed by atoms with Crippen LogP contribution >= 0.6 is 56.5 Å². The molecule has 1 aromatic heterocycles. The highest BCUT2D eigenvalue weighted by atomic mass is 36.5. The average molecular weight is 959 g/mol. The molecule has 6 amide bonds. The standard InChI is InChI=1S/C10H13Cl2FN2O4.C10H14ClFN2O4.C9H11FN2O4.C2H6O.CH4.Cl2/c1-4-10(11,12)8(17)14-9(18)15(4)7-2-5(13)6(3-16)19-7;1-4-8(11)9(16)13-10(17)14(4)7-2-5(12)6(3-15)18-7;10-5-3-8(16-6(5)4-13)12-2-1-7(14)11-9(12)15;1-2-3;;1-2/h4-7,16H,2-3H2,1H3,(H,14,17,18);4-8,15H,2-3H2,1H3,(H,13,16,17);1-2,5-6,8,13H,3-4H2,(H,11,14,15);3H,2H2,1H3;1H4;. The van der Waals surface area contributed by atoms with E-state index in [-0.39, 0.29) is 33.3 Å². The smallest absolute Gasteiger partial charge is 0.330 e. The molecule has 5 saturated heterocycles. The van der Waals surface area contributed by atoms with Crippen molar-refractivity contribution in [1.82, 2.24) is 30.0 Å². The van der Waals surface area contributed by atoms with E-state index in [0.717, 1.165) is 15.5 Å². The van der Waals surface area contributed by atoms with Gasteiger partial charge in [-0.1, -0.05) is 30.6 Å². The van der Waals surface area contributed by atoms with Gasteiger partial charge in [0.05, 0.1) is 31.9 Å². The molecular formula is C32H48Cl5F3N6O13. The fourth-order valence-electron chi connectivity index (χ4n) is 6.07. The fraction of sp³-hybridized carbons (Fsp3) is 0.750. The Kier molecular flexibility index (Phi) is 23.0. The van der Waals surface area contributed by atoms with Gasteiger partial charge in [0, 0.05) is 59.8 Å². The molecule has 0 aromatic carbocycles. The molecule has 0 saturated carbocycles. The predicted octanol–water partition coefficient (Wildman–Crippen LogP) is 1.69. The predicted molar refractivity (Wildman–Crippen MR) is 207 cm³/mol. The summed E-state index contributed by atoms with van der Waals surface area (Å²) in [6, 6.07) is -1.72. The zero-order chi connectivity index (χ0) is 44.2. The summed E-state index contributed by atoms with van der Waals surface area (Å²) in [5.74, 6) is -1.39. The number of carbonyl (C=O) groups excluding carboxylic acids is 4. The van der Waals surface area contributed by atoms with E-state index in [4.69, 9.17) is 69.4 Å². The van der Waals surface area contributed by atoms with Crippen LogP contribution in [0.25, 0.3) is 0 Å². The molecule has 6 rings (SSSR count). The van der Waals surface area contributed by atoms with Crippen molar-refractivity contribution >= 4 is 80.4 Å². The van der Waals surface area contributed by atoms with Crippen LogP contribution in [0.2, 0.25) is 0 Å². The lowest BCUT2D eigenvalue weighted by Crippen LogP contribution is -2.66. The topological polar surface area (TPSA) is 262 Å². The first-order valence-electron chi connectivity index (χ1n) is 17.3. The lowest BCUT2D eigenvalue weighted by molar-refractivity contribution is -0.128. The molecule has 5 aliphatic heterocycles. The Labute approximate surface area is 360 Å². The van der Waals surface area contributed by atoms with Gasteiger partial charge in [0.15, 0.2) is 0 Å². The Morgan fingerprint density at radius 1 is 0.763 bits per heavy atom. The summed E-state index contributed by atoms with van der Waals surface area (Å²) in [5.41, 5.74) is -1.17. The van der Waals surface area contributed by atoms with Crippen LogP contribution in [0, 0.1) is 0 Å². The molecule has 6 heterocycles. The van der Waals surface area contributed by atoms with Gasteiger partial charge >= 0.3 is 17.8 Å². The van der Waals surface area contributed by atoms with Crippen LogP contribution in [-0.2, 0) is 23.8 Å². The lowest BCUT2D eigenvalue weighted by atomic mass is 10.1. The summed E-state index contributed by atoms with van der Waals surface area (Å²) in [6.07, 6.45) is -8.34. The van der Waals surface area contributed by atoms with Gasteiger partial charge in [-0.2, -0.15) is 0 Å². The minimum Gasteiger partial charge on any atom is -0.397 e. The molecule has 340 valence electrons. The number of alkyl halides is 6. The van der Waals surface area contributed by atoms with Crippen molar-refractivity contribution in [2.75, 3.05) is 26.4 Å². The van der Waals surface area contributed by atoms with Gasteiger partial charge in [-0.3, -0.25) is 44.4 Å². The van der Waals surface area contributed by atoms with Gasteiger partial charge in [-0.15, -0.1) is 11.6 Å². The van der Waals surface area contributed by atoms with E-state index in [1.807, 2.05) is 5.32 Å². The van der Waals surface area contributed by atoms with E-state index in [1.54, 1.807) is 13.8 Å². The summed E-state index contributed by atoms with van der Waals surface area (Å²) in [7, 11) is 8.22. The molecule has 27 heteroatoms. The van der Waals surface area contributed by atoms with E-state index in [9.17, 15) is 41.9 Å². The second kappa shape index (κ2) is 24.8. The van der Waals surface area contributed by atoms with Crippen LogP contribution in [0.15, 0.2) is 21.9 Å². The first-order chi connectivity index (χ1) is 27.3. The Morgan fingerprint density at radius 2 is 1.17 bits per heavy atom. The van der Waals surface area contributed by atoms with Crippen LogP contribution in [0.5, 0.6) is 0 Å². The second-order valence-corrected chi connectivity index (χ2v) is 14.7. The summed E-state index contributed by atoms with van der Waals surface area (Å²) in [6.45, 7) is 3.62. The van der Waals surface area contributed by atoms with Crippen LogP contribution in [0.1, 0.15) is 53.7 Å². The number of aliphatic hydroxyl groups excluding tert-OH is 4. The monoisotopic (exact) mass is 956 g/mol. The molecule has 59 heavy (non-hydrogen) atoms. The Morgan fingerprint density at radius 3 is 1.59 bits per heavy atom. The number of nitrogens with zero attached hydrogens (tertiary/aromatic N) is 3. The van der Waals surface area contributed by atoms with E-state index in [0.29, 0.717) is 0 Å². The van der Waals surface area contributed by atoms with Crippen LogP contribution < -0.4 is 21.9 Å². The Bertz CT molecular complexity index is 1660. The van der Waals surface area contributed by atoms with Gasteiger partial charge in [0.2, 0.25) is 10.2 Å². The number of imide groups is 2. The van der Waals surface area contributed by atoms with E-state index in [2.05, 4.69) is 32.0 Å². The summed E-state index contributed by atoms with van der Waals surface area (Å²) < 4.78 is 55.2. The maximum atomic E-state index is 13.5. The molecular weight excluding hydrogens is 911 g/mol. The molecule has 0 spiro atoms. The van der Waals surface area contributed by atoms with Crippen molar-refractivity contribution in [3.63, 3.8) is 0 Å². The molecule has 5 fully saturated rings. The number of aliphatic hydroxyl groups is 4. The molecule has 19 nitrogen and oxygen atoms in total. The number of hydrogen-bond donors (Lipinski definition) is 7. The normalized spacial score (nSPS) is 33.3. The van der Waals surface area contributed by atoms with Crippen molar-refractivity contribution < 1.29 is 67.0 Å². The van der Waals surface area contributed by atoms with Crippen molar-refractivity contribution in [3.8, 4) is 0 Å². The number of rotatable bonds is 6. The Balaban J connectivity index is 0.000000417. The number of halogens is 8. The first kappa shape index (κ1) is 54.5. The number of hydrogen-bond acceptors (Lipinski definition) is 13. The highest BCUT2D eigenvalue weighted by Gasteiger charge is 2.54. The highest BCUT2D eigenvalue weighted by molar-refractivity contribution is 6.85. The first-order valence-corrected chi connectivity index (χ1v) is 19.7. The fourth-order valence-corrected chi connectivity index (χ4v) is 6.55. The van der Waals surface area contributed by atoms with E-state index in [1.165, 1.54) is 18.0 Å².